The van der Waals surface area contributed by atoms with Crippen molar-refractivity contribution in [2.75, 3.05) is 23.3 Å². The van der Waals surface area contributed by atoms with E-state index in [1.165, 1.54) is 0 Å². The maximum absolute atomic E-state index is 12.1. The van der Waals surface area contributed by atoms with E-state index in [2.05, 4.69) is 5.32 Å². The molecule has 110 valence electrons. The lowest BCUT2D eigenvalue weighted by molar-refractivity contribution is -0.115. The first-order valence-corrected chi connectivity index (χ1v) is 7.40. The molecule has 0 aliphatic rings. The fraction of sp³-hybridized carbons (Fsp3) is 0.188. The van der Waals surface area contributed by atoms with Gasteiger partial charge in [-0.3, -0.25) is 4.79 Å². The molecule has 0 unspecified atom stereocenters. The van der Waals surface area contributed by atoms with Crippen molar-refractivity contribution in [1.82, 2.24) is 0 Å². The zero-order valence-electron chi connectivity index (χ0n) is 11.6. The Bertz CT molecular complexity index is 597. The van der Waals surface area contributed by atoms with Crippen LogP contribution in [0.15, 0.2) is 48.5 Å². The number of carbonyl (C=O) groups excluding carboxylic acids is 1. The van der Waals surface area contributed by atoms with Crippen LogP contribution in [-0.2, 0) is 4.79 Å². The van der Waals surface area contributed by atoms with E-state index in [1.54, 1.807) is 18.2 Å². The first-order chi connectivity index (χ1) is 10.1. The fourth-order valence-electron chi connectivity index (χ4n) is 2.02. The van der Waals surface area contributed by atoms with E-state index in [-0.39, 0.29) is 12.5 Å². The molecular weight excluding hydrogens is 307 g/mol. The van der Waals surface area contributed by atoms with Crippen LogP contribution in [0.4, 0.5) is 11.4 Å². The molecule has 1 N–H and O–H groups in total. The van der Waals surface area contributed by atoms with Gasteiger partial charge in [-0.15, -0.1) is 0 Å². The Morgan fingerprint density at radius 2 is 1.71 bits per heavy atom. The third-order valence-corrected chi connectivity index (χ3v) is 3.42. The summed E-state index contributed by atoms with van der Waals surface area (Å²) in [6.07, 6.45) is 0. The van der Waals surface area contributed by atoms with Crippen LogP contribution in [0.2, 0.25) is 10.0 Å². The molecule has 0 fully saturated rings. The number of rotatable bonds is 5. The SMILES string of the molecule is CCN(CC(=O)Nc1cc(Cl)cc(Cl)c1)c1ccccc1. The summed E-state index contributed by atoms with van der Waals surface area (Å²) in [5, 5.41) is 3.80. The molecule has 0 atom stereocenters. The van der Waals surface area contributed by atoms with Crippen molar-refractivity contribution >= 4 is 40.5 Å². The molecule has 0 spiro atoms. The largest absolute Gasteiger partial charge is 0.362 e. The van der Waals surface area contributed by atoms with Gasteiger partial charge in [0.25, 0.3) is 0 Å². The maximum atomic E-state index is 12.1. The number of carbonyl (C=O) groups is 1. The zero-order chi connectivity index (χ0) is 15.2. The number of nitrogens with zero attached hydrogens (tertiary/aromatic N) is 1. The minimum absolute atomic E-state index is 0.112. The summed E-state index contributed by atoms with van der Waals surface area (Å²) in [5.74, 6) is -0.112. The highest BCUT2D eigenvalue weighted by Gasteiger charge is 2.10. The third-order valence-electron chi connectivity index (χ3n) is 2.98. The van der Waals surface area contributed by atoms with Gasteiger partial charge in [-0.25, -0.2) is 0 Å². The molecule has 0 saturated carbocycles. The summed E-state index contributed by atoms with van der Waals surface area (Å²) >= 11 is 11.8. The van der Waals surface area contributed by atoms with Crippen molar-refractivity contribution in [3.63, 3.8) is 0 Å². The highest BCUT2D eigenvalue weighted by molar-refractivity contribution is 6.35. The lowest BCUT2D eigenvalue weighted by atomic mass is 10.2. The first kappa shape index (κ1) is 15.7. The molecule has 0 radical (unpaired) electrons. The molecule has 2 aromatic carbocycles. The van der Waals surface area contributed by atoms with Gasteiger partial charge in [-0.1, -0.05) is 41.4 Å². The second-order valence-electron chi connectivity index (χ2n) is 4.56. The lowest BCUT2D eigenvalue weighted by Gasteiger charge is -2.22. The topological polar surface area (TPSA) is 32.3 Å². The second kappa shape index (κ2) is 7.34. The lowest BCUT2D eigenvalue weighted by Crippen LogP contribution is -2.33. The van der Waals surface area contributed by atoms with Crippen LogP contribution in [0.1, 0.15) is 6.92 Å². The number of halogens is 2. The Balaban J connectivity index is 2.03. The Morgan fingerprint density at radius 1 is 1.10 bits per heavy atom. The van der Waals surface area contributed by atoms with Gasteiger partial charge < -0.3 is 10.2 Å². The monoisotopic (exact) mass is 322 g/mol. The number of anilines is 2. The fourth-order valence-corrected chi connectivity index (χ4v) is 2.55. The molecular formula is C16H16Cl2N2O. The predicted molar refractivity (Wildman–Crippen MR) is 89.4 cm³/mol. The van der Waals surface area contributed by atoms with Crippen LogP contribution >= 0.6 is 23.2 Å². The van der Waals surface area contributed by atoms with Crippen molar-refractivity contribution < 1.29 is 4.79 Å². The third kappa shape index (κ3) is 4.66. The Hall–Kier alpha value is -1.71. The number of likely N-dealkylation sites (N-methyl/N-ethyl adjacent to an activating group) is 1. The molecule has 0 saturated heterocycles. The summed E-state index contributed by atoms with van der Waals surface area (Å²) in [6, 6.07) is 14.8. The summed E-state index contributed by atoms with van der Waals surface area (Å²) in [7, 11) is 0. The van der Waals surface area contributed by atoms with Crippen LogP contribution in [-0.4, -0.2) is 19.0 Å². The number of para-hydroxylation sites is 1. The Morgan fingerprint density at radius 3 is 2.29 bits per heavy atom. The molecule has 21 heavy (non-hydrogen) atoms. The van der Waals surface area contributed by atoms with Crippen LogP contribution in [0.5, 0.6) is 0 Å². The summed E-state index contributed by atoms with van der Waals surface area (Å²) in [4.78, 5) is 14.1. The second-order valence-corrected chi connectivity index (χ2v) is 5.43. The van der Waals surface area contributed by atoms with E-state index < -0.39 is 0 Å². The molecule has 0 bridgehead atoms. The molecule has 0 aliphatic heterocycles. The van der Waals surface area contributed by atoms with Crippen molar-refractivity contribution in [3.05, 3.63) is 58.6 Å². The Labute approximate surface area is 134 Å². The molecule has 3 nitrogen and oxygen atoms in total. The molecule has 2 aromatic rings. The first-order valence-electron chi connectivity index (χ1n) is 6.64. The standard InChI is InChI=1S/C16H16Cl2N2O/c1-2-20(15-6-4-3-5-7-15)11-16(21)19-14-9-12(17)8-13(18)10-14/h3-10H,2,11H2,1H3,(H,19,21). The molecule has 2 rings (SSSR count). The van der Waals surface area contributed by atoms with Gasteiger partial charge in [0.2, 0.25) is 5.91 Å². The van der Waals surface area contributed by atoms with E-state index in [4.69, 9.17) is 23.2 Å². The van der Waals surface area contributed by atoms with Crippen molar-refractivity contribution in [2.24, 2.45) is 0 Å². The number of hydrogen-bond donors (Lipinski definition) is 1. The van der Waals surface area contributed by atoms with Crippen LogP contribution < -0.4 is 10.2 Å². The van der Waals surface area contributed by atoms with E-state index in [0.29, 0.717) is 15.7 Å². The summed E-state index contributed by atoms with van der Waals surface area (Å²) < 4.78 is 0. The van der Waals surface area contributed by atoms with Crippen LogP contribution in [0, 0.1) is 0 Å². The highest BCUT2D eigenvalue weighted by atomic mass is 35.5. The summed E-state index contributed by atoms with van der Waals surface area (Å²) in [5.41, 5.74) is 1.61. The van der Waals surface area contributed by atoms with E-state index in [1.807, 2.05) is 42.2 Å². The van der Waals surface area contributed by atoms with Gasteiger partial charge in [0.05, 0.1) is 6.54 Å². The minimum atomic E-state index is -0.112. The van der Waals surface area contributed by atoms with Gasteiger partial charge in [-0.2, -0.15) is 0 Å². The van der Waals surface area contributed by atoms with E-state index in [9.17, 15) is 4.79 Å². The van der Waals surface area contributed by atoms with Crippen molar-refractivity contribution in [3.8, 4) is 0 Å². The predicted octanol–water partition coefficient (Wildman–Crippen LogP) is 4.46. The molecule has 5 heteroatoms. The molecule has 1 amide bonds. The van der Waals surface area contributed by atoms with Gasteiger partial charge >= 0.3 is 0 Å². The Kier molecular flexibility index (Phi) is 5.48. The zero-order valence-corrected chi connectivity index (χ0v) is 13.2. The molecule has 0 aliphatic carbocycles. The average molecular weight is 323 g/mol. The van der Waals surface area contributed by atoms with Gasteiger partial charge in [0, 0.05) is 28.0 Å². The quantitative estimate of drug-likeness (QED) is 0.881. The number of amides is 1. The average Bonchev–Trinajstić information content (AvgIpc) is 2.44. The molecule has 0 aromatic heterocycles. The van der Waals surface area contributed by atoms with Gasteiger partial charge in [0.15, 0.2) is 0 Å². The number of nitrogens with one attached hydrogen (secondary N) is 1. The van der Waals surface area contributed by atoms with E-state index >= 15 is 0 Å². The van der Waals surface area contributed by atoms with Gasteiger partial charge in [-0.05, 0) is 37.3 Å². The van der Waals surface area contributed by atoms with Crippen LogP contribution in [0.3, 0.4) is 0 Å². The number of benzene rings is 2. The minimum Gasteiger partial charge on any atom is -0.362 e. The van der Waals surface area contributed by atoms with Crippen LogP contribution in [0.25, 0.3) is 0 Å². The summed E-state index contributed by atoms with van der Waals surface area (Å²) in [6.45, 7) is 3.02. The van der Waals surface area contributed by atoms with Gasteiger partial charge in [0.1, 0.15) is 0 Å². The number of hydrogen-bond acceptors (Lipinski definition) is 2. The maximum Gasteiger partial charge on any atom is 0.243 e. The smallest absolute Gasteiger partial charge is 0.243 e. The highest BCUT2D eigenvalue weighted by Crippen LogP contribution is 2.22. The molecule has 0 heterocycles. The van der Waals surface area contributed by atoms with Crippen molar-refractivity contribution in [1.29, 1.82) is 0 Å². The van der Waals surface area contributed by atoms with E-state index in [0.717, 1.165) is 12.2 Å². The van der Waals surface area contributed by atoms with Crippen molar-refractivity contribution in [2.45, 2.75) is 6.92 Å². The normalized spacial score (nSPS) is 10.2.